The molecular weight excluding hydrogens is 240 g/mol. The van der Waals surface area contributed by atoms with Gasteiger partial charge in [0, 0.05) is 23.7 Å². The molecule has 0 saturated carbocycles. The average Bonchev–Trinajstić information content (AvgIpc) is 2.59. The molecule has 96 valence electrons. The highest BCUT2D eigenvalue weighted by Crippen LogP contribution is 2.02. The number of hydrogen-bond acceptors (Lipinski definition) is 4. The van der Waals surface area contributed by atoms with Crippen LogP contribution in [0.5, 0.6) is 0 Å². The molecular formula is C11H18N2O3S. The molecule has 0 aliphatic rings. The Balaban J connectivity index is 2.59. The van der Waals surface area contributed by atoms with E-state index in [1.54, 1.807) is 12.3 Å². The van der Waals surface area contributed by atoms with E-state index in [0.717, 1.165) is 17.0 Å². The van der Waals surface area contributed by atoms with E-state index in [-0.39, 0.29) is 35.9 Å². The van der Waals surface area contributed by atoms with E-state index in [1.165, 1.54) is 4.57 Å². The topological polar surface area (TPSA) is 71.3 Å². The zero-order valence-electron chi connectivity index (χ0n) is 10.3. The van der Waals surface area contributed by atoms with Crippen molar-refractivity contribution in [1.82, 2.24) is 9.88 Å². The van der Waals surface area contributed by atoms with E-state index < -0.39 is 0 Å². The standard InChI is InChI=1S/C11H18N2O3S/c1-7(5-14)9(3)12-10(15)4-13-8(2)6-17-11(13)16/h6-7,9,14H,4-5H2,1-3H3,(H,12,15). The van der Waals surface area contributed by atoms with Gasteiger partial charge in [-0.15, -0.1) is 0 Å². The lowest BCUT2D eigenvalue weighted by Gasteiger charge is -2.19. The number of thiazole rings is 1. The maximum Gasteiger partial charge on any atom is 0.307 e. The summed E-state index contributed by atoms with van der Waals surface area (Å²) in [6, 6.07) is -0.109. The maximum absolute atomic E-state index is 11.7. The van der Waals surface area contributed by atoms with Crippen LogP contribution in [0.15, 0.2) is 10.2 Å². The molecule has 0 bridgehead atoms. The second-order valence-corrected chi connectivity index (χ2v) is 5.07. The highest BCUT2D eigenvalue weighted by atomic mass is 32.1. The first-order valence-electron chi connectivity index (χ1n) is 5.50. The Bertz CT molecular complexity index is 438. The third-order valence-electron chi connectivity index (χ3n) is 2.81. The molecule has 2 atom stereocenters. The summed E-state index contributed by atoms with van der Waals surface area (Å²) >= 11 is 1.09. The molecule has 0 spiro atoms. The summed E-state index contributed by atoms with van der Waals surface area (Å²) in [6.45, 7) is 5.55. The fraction of sp³-hybridized carbons (Fsp3) is 0.636. The van der Waals surface area contributed by atoms with Crippen molar-refractivity contribution < 1.29 is 9.90 Å². The first kappa shape index (κ1) is 13.9. The minimum atomic E-state index is -0.207. The van der Waals surface area contributed by atoms with Crippen LogP contribution < -0.4 is 10.2 Å². The smallest absolute Gasteiger partial charge is 0.307 e. The van der Waals surface area contributed by atoms with Gasteiger partial charge in [0.15, 0.2) is 0 Å². The van der Waals surface area contributed by atoms with Crippen molar-refractivity contribution in [1.29, 1.82) is 0 Å². The van der Waals surface area contributed by atoms with Crippen LogP contribution in [0, 0.1) is 12.8 Å². The lowest BCUT2D eigenvalue weighted by atomic mass is 10.1. The van der Waals surface area contributed by atoms with Gasteiger partial charge in [0.25, 0.3) is 0 Å². The second kappa shape index (κ2) is 5.97. The van der Waals surface area contributed by atoms with Crippen LogP contribution >= 0.6 is 11.3 Å². The van der Waals surface area contributed by atoms with Crippen molar-refractivity contribution >= 4 is 17.2 Å². The molecule has 0 aliphatic heterocycles. The Hall–Kier alpha value is -1.14. The number of aryl methyl sites for hydroxylation is 1. The third-order valence-corrected chi connectivity index (χ3v) is 3.69. The van der Waals surface area contributed by atoms with Crippen LogP contribution in [-0.4, -0.2) is 28.2 Å². The first-order chi connectivity index (χ1) is 7.95. The van der Waals surface area contributed by atoms with Crippen molar-refractivity contribution in [2.45, 2.75) is 33.4 Å². The predicted molar refractivity (Wildman–Crippen MR) is 67.2 cm³/mol. The Morgan fingerprint density at radius 2 is 2.24 bits per heavy atom. The summed E-state index contributed by atoms with van der Waals surface area (Å²) in [5, 5.41) is 13.5. The molecule has 1 heterocycles. The largest absolute Gasteiger partial charge is 0.396 e. The first-order valence-corrected chi connectivity index (χ1v) is 6.38. The average molecular weight is 258 g/mol. The van der Waals surface area contributed by atoms with Crippen LogP contribution in [0.2, 0.25) is 0 Å². The number of amides is 1. The summed E-state index contributed by atoms with van der Waals surface area (Å²) in [5.41, 5.74) is 0.790. The van der Waals surface area contributed by atoms with Gasteiger partial charge in [0.05, 0.1) is 0 Å². The van der Waals surface area contributed by atoms with Gasteiger partial charge in [-0.2, -0.15) is 0 Å². The van der Waals surface area contributed by atoms with E-state index in [0.29, 0.717) is 0 Å². The normalized spacial score (nSPS) is 14.4. The van der Waals surface area contributed by atoms with E-state index in [4.69, 9.17) is 5.11 Å². The summed E-state index contributed by atoms with van der Waals surface area (Å²) in [4.78, 5) is 23.0. The number of aliphatic hydroxyl groups excluding tert-OH is 1. The second-order valence-electron chi connectivity index (χ2n) is 4.25. The van der Waals surface area contributed by atoms with Gasteiger partial charge in [0.2, 0.25) is 5.91 Å². The van der Waals surface area contributed by atoms with Crippen LogP contribution in [0.1, 0.15) is 19.5 Å². The molecule has 0 radical (unpaired) electrons. The number of carbonyl (C=O) groups excluding carboxylic acids is 1. The summed E-state index contributed by atoms with van der Waals surface area (Å²) in [6.07, 6.45) is 0. The fourth-order valence-electron chi connectivity index (χ4n) is 1.34. The molecule has 5 nitrogen and oxygen atoms in total. The summed E-state index contributed by atoms with van der Waals surface area (Å²) in [7, 11) is 0. The SMILES string of the molecule is Cc1csc(=O)n1CC(=O)NC(C)C(C)CO. The number of rotatable bonds is 5. The Labute approximate surface area is 104 Å². The van der Waals surface area contributed by atoms with Crippen LogP contribution in [0.4, 0.5) is 0 Å². The molecule has 1 rings (SSSR count). The van der Waals surface area contributed by atoms with E-state index in [1.807, 2.05) is 13.8 Å². The van der Waals surface area contributed by atoms with Crippen molar-refractivity contribution in [2.24, 2.45) is 5.92 Å². The third kappa shape index (κ3) is 3.67. The van der Waals surface area contributed by atoms with Crippen molar-refractivity contribution in [3.05, 3.63) is 20.7 Å². The Kier molecular flexibility index (Phi) is 4.89. The van der Waals surface area contributed by atoms with Crippen LogP contribution in [0.25, 0.3) is 0 Å². The quantitative estimate of drug-likeness (QED) is 0.800. The van der Waals surface area contributed by atoms with Crippen LogP contribution in [-0.2, 0) is 11.3 Å². The number of carbonyl (C=O) groups is 1. The van der Waals surface area contributed by atoms with Crippen molar-refractivity contribution in [3.63, 3.8) is 0 Å². The van der Waals surface area contributed by atoms with Gasteiger partial charge in [-0.05, 0) is 19.8 Å². The molecule has 0 saturated heterocycles. The lowest BCUT2D eigenvalue weighted by Crippen LogP contribution is -2.41. The Morgan fingerprint density at radius 3 is 2.71 bits per heavy atom. The van der Waals surface area contributed by atoms with Gasteiger partial charge < -0.3 is 10.4 Å². The monoisotopic (exact) mass is 258 g/mol. The van der Waals surface area contributed by atoms with Gasteiger partial charge in [-0.1, -0.05) is 18.3 Å². The molecule has 2 unspecified atom stereocenters. The van der Waals surface area contributed by atoms with Gasteiger partial charge in [0.1, 0.15) is 6.54 Å². The van der Waals surface area contributed by atoms with Crippen LogP contribution in [0.3, 0.4) is 0 Å². The van der Waals surface area contributed by atoms with E-state index in [9.17, 15) is 9.59 Å². The number of aromatic nitrogens is 1. The highest BCUT2D eigenvalue weighted by Gasteiger charge is 2.15. The molecule has 0 aliphatic carbocycles. The number of nitrogens with one attached hydrogen (secondary N) is 1. The summed E-state index contributed by atoms with van der Waals surface area (Å²) in [5.74, 6) is -0.208. The number of aliphatic hydroxyl groups is 1. The van der Waals surface area contributed by atoms with Gasteiger partial charge >= 0.3 is 4.87 Å². The predicted octanol–water partition coefficient (Wildman–Crippen LogP) is 0.351. The number of nitrogens with zero attached hydrogens (tertiary/aromatic N) is 1. The molecule has 0 aromatic carbocycles. The maximum atomic E-state index is 11.7. The Morgan fingerprint density at radius 1 is 1.59 bits per heavy atom. The molecule has 6 heteroatoms. The fourth-order valence-corrected chi connectivity index (χ4v) is 2.07. The lowest BCUT2D eigenvalue weighted by molar-refractivity contribution is -0.122. The molecule has 0 fully saturated rings. The highest BCUT2D eigenvalue weighted by molar-refractivity contribution is 7.07. The molecule has 2 N–H and O–H groups in total. The van der Waals surface area contributed by atoms with E-state index in [2.05, 4.69) is 5.32 Å². The summed E-state index contributed by atoms with van der Waals surface area (Å²) < 4.78 is 1.44. The zero-order chi connectivity index (χ0) is 13.0. The van der Waals surface area contributed by atoms with Crippen molar-refractivity contribution in [3.8, 4) is 0 Å². The van der Waals surface area contributed by atoms with Crippen molar-refractivity contribution in [2.75, 3.05) is 6.61 Å². The molecule has 1 aromatic heterocycles. The zero-order valence-corrected chi connectivity index (χ0v) is 11.1. The van der Waals surface area contributed by atoms with Gasteiger partial charge in [-0.3, -0.25) is 14.2 Å². The minimum Gasteiger partial charge on any atom is -0.396 e. The minimum absolute atomic E-state index is 0.000700. The van der Waals surface area contributed by atoms with E-state index >= 15 is 0 Å². The number of hydrogen-bond donors (Lipinski definition) is 2. The van der Waals surface area contributed by atoms with Gasteiger partial charge in [-0.25, -0.2) is 0 Å². The molecule has 17 heavy (non-hydrogen) atoms. The molecule has 1 amide bonds. The molecule has 1 aromatic rings.